The molecule has 1 saturated carbocycles. The number of hydroxylamine groups is 2. The number of nitrogens with zero attached hydrogens (tertiary/aromatic N) is 1. The van der Waals surface area contributed by atoms with Crippen LogP contribution in [0.2, 0.25) is 0 Å². The van der Waals surface area contributed by atoms with Gasteiger partial charge >= 0.3 is 5.97 Å². The molecule has 2 N–H and O–H groups in total. The van der Waals surface area contributed by atoms with Crippen LogP contribution >= 0.6 is 15.9 Å². The maximum atomic E-state index is 12.3. The maximum Gasteiger partial charge on any atom is 0.333 e. The quantitative estimate of drug-likeness (QED) is 0.259. The molecule has 168 valence electrons. The van der Waals surface area contributed by atoms with Gasteiger partial charge in [0.15, 0.2) is 0 Å². The van der Waals surface area contributed by atoms with Crippen LogP contribution in [-0.4, -0.2) is 53.1 Å². The lowest BCUT2D eigenvalue weighted by Crippen LogP contribution is -2.36. The van der Waals surface area contributed by atoms with Crippen molar-refractivity contribution in [2.24, 2.45) is 11.8 Å². The van der Waals surface area contributed by atoms with E-state index in [0.29, 0.717) is 35.8 Å². The zero-order valence-corrected chi connectivity index (χ0v) is 18.7. The topological polar surface area (TPSA) is 122 Å². The molecule has 0 aromatic heterocycles. The Morgan fingerprint density at radius 1 is 0.967 bits per heavy atom. The first-order valence-electron chi connectivity index (χ1n) is 10.6. The normalized spacial score (nSPS) is 21.4. The second kappa shape index (κ2) is 12.7. The molecule has 9 nitrogen and oxygen atoms in total. The minimum absolute atomic E-state index is 0.0128. The number of halogens is 1. The van der Waals surface area contributed by atoms with Crippen LogP contribution in [-0.2, 0) is 28.8 Å². The van der Waals surface area contributed by atoms with Gasteiger partial charge in [0.1, 0.15) is 0 Å². The Bertz CT molecular complexity index is 632. The lowest BCUT2D eigenvalue weighted by Gasteiger charge is -2.27. The predicted molar refractivity (Wildman–Crippen MR) is 111 cm³/mol. The smallest absolute Gasteiger partial charge is 0.333 e. The first-order chi connectivity index (χ1) is 14.4. The van der Waals surface area contributed by atoms with E-state index in [1.54, 1.807) is 0 Å². The van der Waals surface area contributed by atoms with Gasteiger partial charge in [0.25, 0.3) is 11.8 Å². The van der Waals surface area contributed by atoms with Crippen LogP contribution < -0.4 is 10.6 Å². The Morgan fingerprint density at radius 3 is 2.27 bits per heavy atom. The van der Waals surface area contributed by atoms with Crippen LogP contribution in [0.15, 0.2) is 0 Å². The monoisotopic (exact) mass is 487 g/mol. The third-order valence-electron chi connectivity index (χ3n) is 5.48. The number of carbonyl (C=O) groups is 5. The molecule has 30 heavy (non-hydrogen) atoms. The molecule has 1 aliphatic carbocycles. The fraction of sp³-hybridized carbons (Fsp3) is 0.750. The summed E-state index contributed by atoms with van der Waals surface area (Å²) in [6, 6.07) is 0. The molecule has 1 saturated heterocycles. The molecule has 0 atom stereocenters. The van der Waals surface area contributed by atoms with E-state index in [1.165, 1.54) is 0 Å². The van der Waals surface area contributed by atoms with Crippen molar-refractivity contribution in [1.29, 1.82) is 0 Å². The van der Waals surface area contributed by atoms with Crippen molar-refractivity contribution < 1.29 is 28.8 Å². The van der Waals surface area contributed by atoms with E-state index in [9.17, 15) is 24.0 Å². The standard InChI is InChI=1S/C20H30BrN3O6/c21-12-16(25)23-13-14-5-7-15(8-6-14)20(29)22-11-3-1-2-4-19(28)30-24-17(26)9-10-18(24)27/h14-15H,1-13H2,(H,22,29)(H,23,25). The van der Waals surface area contributed by atoms with Gasteiger partial charge in [0, 0.05) is 38.3 Å². The van der Waals surface area contributed by atoms with E-state index in [-0.39, 0.29) is 37.0 Å². The van der Waals surface area contributed by atoms with Gasteiger partial charge in [-0.3, -0.25) is 19.2 Å². The molecular formula is C20H30BrN3O6. The van der Waals surface area contributed by atoms with Gasteiger partial charge in [0.05, 0.1) is 5.33 Å². The number of rotatable bonds is 11. The Balaban J connectivity index is 1.49. The minimum Gasteiger partial charge on any atom is -0.356 e. The summed E-state index contributed by atoms with van der Waals surface area (Å²) in [5, 5.41) is 6.71. The van der Waals surface area contributed by atoms with E-state index >= 15 is 0 Å². The van der Waals surface area contributed by atoms with Crippen LogP contribution in [0.5, 0.6) is 0 Å². The highest BCUT2D eigenvalue weighted by molar-refractivity contribution is 9.09. The molecule has 1 aliphatic heterocycles. The molecule has 0 unspecified atom stereocenters. The van der Waals surface area contributed by atoms with Crippen molar-refractivity contribution in [3.63, 3.8) is 0 Å². The molecule has 10 heteroatoms. The summed E-state index contributed by atoms with van der Waals surface area (Å²) < 4.78 is 0. The molecular weight excluding hydrogens is 458 g/mol. The number of alkyl halides is 1. The number of nitrogens with one attached hydrogen (secondary N) is 2. The molecule has 0 bridgehead atoms. The van der Waals surface area contributed by atoms with Crippen LogP contribution in [0, 0.1) is 11.8 Å². The van der Waals surface area contributed by atoms with E-state index in [1.807, 2.05) is 0 Å². The fourth-order valence-electron chi connectivity index (χ4n) is 3.67. The summed E-state index contributed by atoms with van der Waals surface area (Å²) in [4.78, 5) is 62.9. The minimum atomic E-state index is -0.591. The first kappa shape index (κ1) is 24.3. The highest BCUT2D eigenvalue weighted by Gasteiger charge is 2.32. The molecule has 4 amide bonds. The number of unbranched alkanes of at least 4 members (excludes halogenated alkanes) is 2. The summed E-state index contributed by atoms with van der Waals surface area (Å²) in [7, 11) is 0. The van der Waals surface area contributed by atoms with Crippen molar-refractivity contribution in [3.05, 3.63) is 0 Å². The average molecular weight is 488 g/mol. The summed E-state index contributed by atoms with van der Waals surface area (Å²) in [6.45, 7) is 1.22. The zero-order valence-electron chi connectivity index (χ0n) is 17.1. The van der Waals surface area contributed by atoms with Crippen molar-refractivity contribution in [1.82, 2.24) is 15.7 Å². The second-order valence-corrected chi connectivity index (χ2v) is 8.36. The van der Waals surface area contributed by atoms with Crippen LogP contribution in [0.25, 0.3) is 0 Å². The van der Waals surface area contributed by atoms with Crippen molar-refractivity contribution in [2.45, 2.75) is 64.2 Å². The SMILES string of the molecule is O=C(CBr)NCC1CCC(C(=O)NCCCCCC(=O)ON2C(=O)CCC2=O)CC1. The Morgan fingerprint density at radius 2 is 1.63 bits per heavy atom. The van der Waals surface area contributed by atoms with E-state index in [2.05, 4.69) is 26.6 Å². The zero-order chi connectivity index (χ0) is 21.9. The Labute approximate surface area is 184 Å². The maximum absolute atomic E-state index is 12.3. The third kappa shape index (κ3) is 8.04. The summed E-state index contributed by atoms with van der Waals surface area (Å²) in [5.41, 5.74) is 0. The highest BCUT2D eigenvalue weighted by atomic mass is 79.9. The number of imide groups is 1. The third-order valence-corrected chi connectivity index (χ3v) is 5.99. The Kier molecular flexibility index (Phi) is 10.3. The van der Waals surface area contributed by atoms with Gasteiger partial charge in [0.2, 0.25) is 11.8 Å². The molecule has 0 spiro atoms. The number of amides is 4. The molecule has 0 aromatic rings. The van der Waals surface area contributed by atoms with Gasteiger partial charge in [-0.25, -0.2) is 4.79 Å². The lowest BCUT2D eigenvalue weighted by atomic mass is 9.81. The molecule has 2 fully saturated rings. The van der Waals surface area contributed by atoms with Crippen molar-refractivity contribution >= 4 is 45.5 Å². The van der Waals surface area contributed by atoms with E-state index in [4.69, 9.17) is 4.84 Å². The van der Waals surface area contributed by atoms with Crippen LogP contribution in [0.1, 0.15) is 64.2 Å². The number of carbonyl (C=O) groups excluding carboxylic acids is 5. The average Bonchev–Trinajstić information content (AvgIpc) is 3.06. The largest absolute Gasteiger partial charge is 0.356 e. The predicted octanol–water partition coefficient (Wildman–Crippen LogP) is 1.59. The van der Waals surface area contributed by atoms with Crippen molar-refractivity contribution in [3.8, 4) is 0 Å². The van der Waals surface area contributed by atoms with Gasteiger partial charge < -0.3 is 15.5 Å². The van der Waals surface area contributed by atoms with Gasteiger partial charge in [-0.1, -0.05) is 22.4 Å². The highest BCUT2D eigenvalue weighted by Crippen LogP contribution is 2.28. The summed E-state index contributed by atoms with van der Waals surface area (Å²) >= 11 is 3.12. The van der Waals surface area contributed by atoms with Crippen LogP contribution in [0.4, 0.5) is 0 Å². The van der Waals surface area contributed by atoms with Crippen molar-refractivity contribution in [2.75, 3.05) is 18.4 Å². The van der Waals surface area contributed by atoms with E-state index < -0.39 is 17.8 Å². The van der Waals surface area contributed by atoms with Gasteiger partial charge in [-0.05, 0) is 44.4 Å². The molecule has 0 radical (unpaired) electrons. The molecule has 2 aliphatic rings. The fourth-order valence-corrected chi connectivity index (χ4v) is 3.86. The number of hydrogen-bond acceptors (Lipinski definition) is 6. The van der Waals surface area contributed by atoms with Gasteiger partial charge in [-0.15, -0.1) is 5.06 Å². The second-order valence-electron chi connectivity index (χ2n) is 7.80. The van der Waals surface area contributed by atoms with E-state index in [0.717, 1.165) is 38.5 Å². The Hall–Kier alpha value is -1.97. The lowest BCUT2D eigenvalue weighted by molar-refractivity contribution is -0.197. The van der Waals surface area contributed by atoms with Gasteiger partial charge in [-0.2, -0.15) is 0 Å². The number of hydrogen-bond donors (Lipinski definition) is 2. The van der Waals surface area contributed by atoms with Crippen LogP contribution in [0.3, 0.4) is 0 Å². The first-order valence-corrected chi connectivity index (χ1v) is 11.7. The molecule has 1 heterocycles. The molecule has 2 rings (SSSR count). The summed E-state index contributed by atoms with van der Waals surface area (Å²) in [5.74, 6) is -1.03. The summed E-state index contributed by atoms with van der Waals surface area (Å²) in [6.07, 6.45) is 5.88. The molecule has 0 aromatic carbocycles.